The highest BCUT2D eigenvalue weighted by Gasteiger charge is 2.23. The number of amides is 1. The van der Waals surface area contributed by atoms with Crippen molar-refractivity contribution in [3.63, 3.8) is 0 Å². The summed E-state index contributed by atoms with van der Waals surface area (Å²) >= 11 is 0. The van der Waals surface area contributed by atoms with E-state index in [-0.39, 0.29) is 18.5 Å². The summed E-state index contributed by atoms with van der Waals surface area (Å²) in [5.74, 6) is 0.893. The molecule has 5 rings (SSSR count). The summed E-state index contributed by atoms with van der Waals surface area (Å²) in [7, 11) is 0. The molecule has 0 saturated carbocycles. The predicted molar refractivity (Wildman–Crippen MR) is 119 cm³/mol. The fraction of sp³-hybridized carbons (Fsp3) is 0.273. The van der Waals surface area contributed by atoms with E-state index in [0.29, 0.717) is 0 Å². The van der Waals surface area contributed by atoms with Crippen LogP contribution in [0.1, 0.15) is 12.8 Å². The highest BCUT2D eigenvalue weighted by Crippen LogP contribution is 2.25. The lowest BCUT2D eigenvalue weighted by atomic mass is 10.1. The van der Waals surface area contributed by atoms with Crippen LogP contribution >= 0.6 is 0 Å². The van der Waals surface area contributed by atoms with E-state index >= 15 is 0 Å². The summed E-state index contributed by atoms with van der Waals surface area (Å²) < 4.78 is 1.79. The second kappa shape index (κ2) is 8.47. The Morgan fingerprint density at radius 2 is 2.19 bits per heavy atom. The molecule has 1 amide bonds. The topological polar surface area (TPSA) is 104 Å². The van der Waals surface area contributed by atoms with Crippen molar-refractivity contribution in [2.75, 3.05) is 29.9 Å². The van der Waals surface area contributed by atoms with Crippen molar-refractivity contribution in [2.45, 2.75) is 18.9 Å². The van der Waals surface area contributed by atoms with Gasteiger partial charge in [-0.2, -0.15) is 5.10 Å². The van der Waals surface area contributed by atoms with Crippen LogP contribution < -0.4 is 15.5 Å². The van der Waals surface area contributed by atoms with Crippen LogP contribution in [0.4, 0.5) is 11.5 Å². The minimum absolute atomic E-state index is 0.0224. The molecule has 9 nitrogen and oxygen atoms in total. The van der Waals surface area contributed by atoms with Crippen molar-refractivity contribution in [1.29, 1.82) is 0 Å². The molecule has 158 valence electrons. The molecular weight excluding hydrogens is 392 g/mol. The van der Waals surface area contributed by atoms with Gasteiger partial charge in [-0.3, -0.25) is 4.79 Å². The van der Waals surface area contributed by atoms with Gasteiger partial charge in [0.05, 0.1) is 17.6 Å². The van der Waals surface area contributed by atoms with Crippen LogP contribution in [-0.4, -0.2) is 56.3 Å². The van der Waals surface area contributed by atoms with E-state index in [1.54, 1.807) is 17.2 Å². The number of fused-ring (bicyclic) bond motifs is 1. The maximum absolute atomic E-state index is 12.6. The lowest BCUT2D eigenvalue weighted by molar-refractivity contribution is -0.120. The van der Waals surface area contributed by atoms with Gasteiger partial charge in [-0.05, 0) is 43.2 Å². The summed E-state index contributed by atoms with van der Waals surface area (Å²) in [5.41, 5.74) is 2.65. The van der Waals surface area contributed by atoms with E-state index in [9.17, 15) is 4.79 Å². The molecule has 1 aliphatic heterocycles. The minimum Gasteiger partial charge on any atom is -0.376 e. The lowest BCUT2D eigenvalue weighted by Gasteiger charge is -2.34. The van der Waals surface area contributed by atoms with Gasteiger partial charge in [-0.15, -0.1) is 0 Å². The summed E-state index contributed by atoms with van der Waals surface area (Å²) in [6.45, 7) is 1.87. The normalized spacial score (nSPS) is 16.4. The Labute approximate surface area is 179 Å². The Kier molecular flexibility index (Phi) is 5.22. The number of piperidine rings is 1. The van der Waals surface area contributed by atoms with Gasteiger partial charge in [0.1, 0.15) is 17.8 Å². The van der Waals surface area contributed by atoms with Crippen molar-refractivity contribution >= 4 is 28.4 Å². The van der Waals surface area contributed by atoms with Gasteiger partial charge in [0.15, 0.2) is 0 Å². The van der Waals surface area contributed by atoms with Gasteiger partial charge >= 0.3 is 0 Å². The fourth-order valence-electron chi connectivity index (χ4n) is 4.04. The number of aromatic amines is 1. The second-order valence-corrected chi connectivity index (χ2v) is 7.64. The zero-order valence-corrected chi connectivity index (χ0v) is 17.0. The number of rotatable bonds is 6. The first kappa shape index (κ1) is 19.1. The van der Waals surface area contributed by atoms with Crippen LogP contribution in [0, 0.1) is 0 Å². The molecule has 3 N–H and O–H groups in total. The van der Waals surface area contributed by atoms with Crippen LogP contribution in [0.15, 0.2) is 61.3 Å². The van der Waals surface area contributed by atoms with Gasteiger partial charge in [0.2, 0.25) is 5.91 Å². The standard InChI is InChI=1S/C22H24N8O/c31-20(13-24-16-4-1-6-18(12-16)30-11-3-8-27-30)28-17-5-2-10-29(14-17)22-19-7-9-23-21(19)25-15-26-22/h1,3-4,6-9,11-12,15,17,24H,2,5,10,13-14H2,(H,28,31)(H,23,25,26). The molecule has 1 fully saturated rings. The highest BCUT2D eigenvalue weighted by atomic mass is 16.2. The van der Waals surface area contributed by atoms with Crippen LogP contribution in [-0.2, 0) is 4.79 Å². The van der Waals surface area contributed by atoms with Gasteiger partial charge in [-0.1, -0.05) is 6.07 Å². The molecule has 1 aromatic carbocycles. The second-order valence-electron chi connectivity index (χ2n) is 7.64. The third-order valence-electron chi connectivity index (χ3n) is 5.49. The Morgan fingerprint density at radius 1 is 1.23 bits per heavy atom. The summed E-state index contributed by atoms with van der Waals surface area (Å²) in [5, 5.41) is 11.6. The molecule has 9 heteroatoms. The van der Waals surface area contributed by atoms with Crippen molar-refractivity contribution in [3.05, 3.63) is 61.3 Å². The number of hydrogen-bond acceptors (Lipinski definition) is 6. The maximum atomic E-state index is 12.6. The number of carbonyl (C=O) groups excluding carboxylic acids is 1. The Balaban J connectivity index is 1.18. The molecule has 4 heterocycles. The van der Waals surface area contributed by atoms with Gasteiger partial charge in [-0.25, -0.2) is 14.6 Å². The molecule has 0 radical (unpaired) electrons. The molecular formula is C22H24N8O. The monoisotopic (exact) mass is 416 g/mol. The molecule has 0 aliphatic carbocycles. The van der Waals surface area contributed by atoms with Crippen LogP contribution in [0.2, 0.25) is 0 Å². The summed E-state index contributed by atoms with van der Waals surface area (Å²) in [6, 6.07) is 11.8. The summed E-state index contributed by atoms with van der Waals surface area (Å²) in [4.78, 5) is 26.7. The first-order valence-corrected chi connectivity index (χ1v) is 10.4. The number of aromatic nitrogens is 5. The Hall–Kier alpha value is -3.88. The number of nitrogens with zero attached hydrogens (tertiary/aromatic N) is 5. The number of nitrogens with one attached hydrogen (secondary N) is 3. The van der Waals surface area contributed by atoms with E-state index in [0.717, 1.165) is 54.2 Å². The van der Waals surface area contributed by atoms with E-state index in [1.165, 1.54) is 0 Å². The van der Waals surface area contributed by atoms with Crippen molar-refractivity contribution in [1.82, 2.24) is 30.0 Å². The van der Waals surface area contributed by atoms with Gasteiger partial charge in [0.25, 0.3) is 0 Å². The number of carbonyl (C=O) groups is 1. The fourth-order valence-corrected chi connectivity index (χ4v) is 4.04. The van der Waals surface area contributed by atoms with Gasteiger partial charge < -0.3 is 20.5 Å². The molecule has 4 aromatic rings. The van der Waals surface area contributed by atoms with Crippen molar-refractivity contribution in [3.8, 4) is 5.69 Å². The molecule has 1 saturated heterocycles. The van der Waals surface area contributed by atoms with E-state index in [1.807, 2.05) is 48.8 Å². The predicted octanol–water partition coefficient (Wildman–Crippen LogP) is 2.34. The number of benzene rings is 1. The minimum atomic E-state index is -0.0224. The van der Waals surface area contributed by atoms with Crippen molar-refractivity contribution < 1.29 is 4.79 Å². The molecule has 1 aliphatic rings. The summed E-state index contributed by atoms with van der Waals surface area (Å²) in [6.07, 6.45) is 9.04. The number of hydrogen-bond donors (Lipinski definition) is 3. The Morgan fingerprint density at radius 3 is 3.10 bits per heavy atom. The molecule has 0 spiro atoms. The Bertz CT molecular complexity index is 1170. The largest absolute Gasteiger partial charge is 0.376 e. The molecule has 31 heavy (non-hydrogen) atoms. The quantitative estimate of drug-likeness (QED) is 0.446. The van der Waals surface area contributed by atoms with Gasteiger partial charge in [0, 0.05) is 43.4 Å². The van der Waals surface area contributed by atoms with Crippen molar-refractivity contribution in [2.24, 2.45) is 0 Å². The van der Waals surface area contributed by atoms with Crippen LogP contribution in [0.5, 0.6) is 0 Å². The smallest absolute Gasteiger partial charge is 0.239 e. The molecule has 1 atom stereocenters. The lowest BCUT2D eigenvalue weighted by Crippen LogP contribution is -2.49. The average molecular weight is 416 g/mol. The number of H-pyrrole nitrogens is 1. The van der Waals surface area contributed by atoms with Crippen LogP contribution in [0.3, 0.4) is 0 Å². The average Bonchev–Trinajstić information content (AvgIpc) is 3.50. The molecule has 0 bridgehead atoms. The zero-order valence-electron chi connectivity index (χ0n) is 17.0. The third kappa shape index (κ3) is 4.20. The first-order chi connectivity index (χ1) is 15.3. The number of anilines is 2. The molecule has 3 aromatic heterocycles. The maximum Gasteiger partial charge on any atom is 0.239 e. The zero-order chi connectivity index (χ0) is 21.0. The third-order valence-corrected chi connectivity index (χ3v) is 5.49. The van der Waals surface area contributed by atoms with E-state index in [2.05, 4.69) is 35.6 Å². The first-order valence-electron chi connectivity index (χ1n) is 10.4. The highest BCUT2D eigenvalue weighted by molar-refractivity contribution is 5.87. The van der Waals surface area contributed by atoms with E-state index in [4.69, 9.17) is 0 Å². The SMILES string of the molecule is O=C(CNc1cccc(-n2cccn2)c1)NC1CCCN(c2ncnc3[nH]ccc23)C1. The molecule has 1 unspecified atom stereocenters. The van der Waals surface area contributed by atoms with Crippen LogP contribution in [0.25, 0.3) is 16.7 Å². The van der Waals surface area contributed by atoms with E-state index < -0.39 is 0 Å².